The molecule has 0 aromatic carbocycles. The van der Waals surface area contributed by atoms with Crippen LogP contribution >= 0.6 is 11.5 Å². The molecule has 0 aliphatic carbocycles. The molecule has 1 saturated heterocycles. The summed E-state index contributed by atoms with van der Waals surface area (Å²) in [4.78, 5) is 14.3. The molecular weight excluding hydrogens is 260 g/mol. The molecule has 0 spiro atoms. The van der Waals surface area contributed by atoms with E-state index in [1.165, 1.54) is 18.0 Å². The van der Waals surface area contributed by atoms with Crippen molar-refractivity contribution in [3.63, 3.8) is 0 Å². The van der Waals surface area contributed by atoms with E-state index in [1.54, 1.807) is 7.05 Å². The van der Waals surface area contributed by atoms with E-state index in [2.05, 4.69) is 35.4 Å². The van der Waals surface area contributed by atoms with Gasteiger partial charge < -0.3 is 16.0 Å². The fraction of sp³-hybridized carbons (Fsp3) is 0.692. The highest BCUT2D eigenvalue weighted by Gasteiger charge is 2.33. The maximum absolute atomic E-state index is 12.0. The van der Waals surface area contributed by atoms with Crippen molar-refractivity contribution in [1.29, 1.82) is 0 Å². The summed E-state index contributed by atoms with van der Waals surface area (Å²) in [6.07, 6.45) is 1.22. The quantitative estimate of drug-likeness (QED) is 0.870. The average Bonchev–Trinajstić information content (AvgIpc) is 2.74. The van der Waals surface area contributed by atoms with Crippen LogP contribution in [-0.2, 0) is 0 Å². The largest absolute Gasteiger partial charge is 0.382 e. The number of nitrogen functional groups attached to an aromatic ring is 1. The molecule has 106 valence electrons. The van der Waals surface area contributed by atoms with Crippen molar-refractivity contribution in [2.45, 2.75) is 33.2 Å². The lowest BCUT2D eigenvalue weighted by Gasteiger charge is -2.41. The van der Waals surface area contributed by atoms with E-state index in [9.17, 15) is 4.79 Å². The van der Waals surface area contributed by atoms with E-state index in [0.29, 0.717) is 29.3 Å². The molecule has 2 heterocycles. The number of amides is 1. The number of hydrogen-bond acceptors (Lipinski definition) is 5. The van der Waals surface area contributed by atoms with Crippen molar-refractivity contribution >= 4 is 28.3 Å². The average molecular weight is 282 g/mol. The van der Waals surface area contributed by atoms with Gasteiger partial charge in [0.25, 0.3) is 5.91 Å². The lowest BCUT2D eigenvalue weighted by molar-refractivity contribution is 0.0964. The number of carbonyl (C=O) groups is 1. The Hall–Kier alpha value is -1.30. The molecule has 6 heteroatoms. The molecule has 5 nitrogen and oxygen atoms in total. The van der Waals surface area contributed by atoms with Gasteiger partial charge in [-0.2, -0.15) is 4.37 Å². The second-order valence-electron chi connectivity index (χ2n) is 5.54. The number of anilines is 2. The Morgan fingerprint density at radius 3 is 2.79 bits per heavy atom. The summed E-state index contributed by atoms with van der Waals surface area (Å²) in [5.74, 6) is 1.40. The summed E-state index contributed by atoms with van der Waals surface area (Å²) >= 11 is 1.32. The number of nitrogens with zero attached hydrogens (tertiary/aromatic N) is 2. The lowest BCUT2D eigenvalue weighted by atomic mass is 9.86. The minimum atomic E-state index is -0.153. The number of nitrogens with one attached hydrogen (secondary N) is 1. The fourth-order valence-electron chi connectivity index (χ4n) is 2.81. The Bertz CT molecular complexity index is 473. The van der Waals surface area contributed by atoms with Crippen LogP contribution in [0.1, 0.15) is 37.6 Å². The van der Waals surface area contributed by atoms with Gasteiger partial charge in [-0.15, -0.1) is 0 Å². The van der Waals surface area contributed by atoms with Crippen molar-refractivity contribution < 1.29 is 4.79 Å². The predicted molar refractivity (Wildman–Crippen MR) is 79.7 cm³/mol. The van der Waals surface area contributed by atoms with Crippen molar-refractivity contribution in [2.75, 3.05) is 24.2 Å². The van der Waals surface area contributed by atoms with Crippen LogP contribution < -0.4 is 16.0 Å². The monoisotopic (exact) mass is 282 g/mol. The SMILES string of the molecule is CNC(=O)c1c(N)nsc1N1CC(C)CC(C)C1C. The summed E-state index contributed by atoms with van der Waals surface area (Å²) in [6.45, 7) is 7.67. The molecule has 0 bridgehead atoms. The molecule has 3 N–H and O–H groups in total. The van der Waals surface area contributed by atoms with Crippen LogP contribution in [0.4, 0.5) is 10.8 Å². The van der Waals surface area contributed by atoms with Gasteiger partial charge >= 0.3 is 0 Å². The number of aromatic nitrogens is 1. The Balaban J connectivity index is 2.38. The smallest absolute Gasteiger partial charge is 0.257 e. The van der Waals surface area contributed by atoms with Gasteiger partial charge in [0.05, 0.1) is 0 Å². The first-order valence-corrected chi connectivity index (χ1v) is 7.46. The predicted octanol–water partition coefficient (Wildman–Crippen LogP) is 1.96. The molecule has 0 radical (unpaired) electrons. The van der Waals surface area contributed by atoms with Gasteiger partial charge in [0, 0.05) is 19.6 Å². The van der Waals surface area contributed by atoms with Gasteiger partial charge in [-0.05, 0) is 36.7 Å². The highest BCUT2D eigenvalue weighted by atomic mass is 32.1. The number of rotatable bonds is 2. The first-order valence-electron chi connectivity index (χ1n) is 6.69. The maximum atomic E-state index is 12.0. The fourth-order valence-corrected chi connectivity index (χ4v) is 3.72. The molecule has 0 saturated carbocycles. The zero-order chi connectivity index (χ0) is 14.2. The highest BCUT2D eigenvalue weighted by molar-refractivity contribution is 7.11. The molecule has 19 heavy (non-hydrogen) atoms. The molecule has 3 atom stereocenters. The summed E-state index contributed by atoms with van der Waals surface area (Å²) in [7, 11) is 1.62. The zero-order valence-corrected chi connectivity index (χ0v) is 12.8. The Morgan fingerprint density at radius 1 is 1.47 bits per heavy atom. The van der Waals surface area contributed by atoms with E-state index in [4.69, 9.17) is 5.73 Å². The minimum absolute atomic E-state index is 0.153. The normalized spacial score (nSPS) is 27.4. The molecule has 1 aromatic rings. The number of nitrogens with two attached hydrogens (primary N) is 1. The lowest BCUT2D eigenvalue weighted by Crippen LogP contribution is -2.46. The summed E-state index contributed by atoms with van der Waals surface area (Å²) in [5.41, 5.74) is 6.38. The standard InChI is InChI=1S/C13H22N4OS/c1-7-5-8(2)9(3)17(6-7)13-10(12(18)15-4)11(14)16-19-13/h7-9H,5-6H2,1-4H3,(H2,14,16)(H,15,18). The van der Waals surface area contributed by atoms with Crippen molar-refractivity contribution in [1.82, 2.24) is 9.69 Å². The van der Waals surface area contributed by atoms with Gasteiger partial charge in [0.2, 0.25) is 0 Å². The van der Waals surface area contributed by atoms with Gasteiger partial charge in [0.1, 0.15) is 10.6 Å². The molecule has 2 rings (SSSR count). The zero-order valence-electron chi connectivity index (χ0n) is 11.9. The van der Waals surface area contributed by atoms with Gasteiger partial charge in [-0.3, -0.25) is 4.79 Å². The third-order valence-electron chi connectivity index (χ3n) is 4.01. The van der Waals surface area contributed by atoms with Crippen LogP contribution in [0.3, 0.4) is 0 Å². The van der Waals surface area contributed by atoms with E-state index in [-0.39, 0.29) is 5.91 Å². The maximum Gasteiger partial charge on any atom is 0.257 e. The number of hydrogen-bond donors (Lipinski definition) is 2. The second kappa shape index (κ2) is 5.36. The van der Waals surface area contributed by atoms with E-state index >= 15 is 0 Å². The van der Waals surface area contributed by atoms with Crippen LogP contribution in [0.5, 0.6) is 0 Å². The Kier molecular flexibility index (Phi) is 3.99. The van der Waals surface area contributed by atoms with Gasteiger partial charge in [-0.1, -0.05) is 13.8 Å². The second-order valence-corrected chi connectivity index (χ2v) is 6.29. The third-order valence-corrected chi connectivity index (χ3v) is 4.91. The molecule has 1 aliphatic rings. The van der Waals surface area contributed by atoms with E-state index in [1.807, 2.05) is 0 Å². The van der Waals surface area contributed by atoms with Crippen molar-refractivity contribution in [2.24, 2.45) is 11.8 Å². The van der Waals surface area contributed by atoms with Crippen LogP contribution in [0.25, 0.3) is 0 Å². The topological polar surface area (TPSA) is 71.2 Å². The summed E-state index contributed by atoms with van der Waals surface area (Å²) < 4.78 is 4.16. The van der Waals surface area contributed by atoms with Crippen molar-refractivity contribution in [3.05, 3.63) is 5.56 Å². The number of carbonyl (C=O) groups excluding carboxylic acids is 1. The first-order chi connectivity index (χ1) is 8.95. The van der Waals surface area contributed by atoms with Crippen LogP contribution in [-0.4, -0.2) is 29.9 Å². The van der Waals surface area contributed by atoms with E-state index in [0.717, 1.165) is 11.5 Å². The van der Waals surface area contributed by atoms with Crippen LogP contribution in [0.2, 0.25) is 0 Å². The molecule has 3 unspecified atom stereocenters. The molecule has 1 fully saturated rings. The minimum Gasteiger partial charge on any atom is -0.382 e. The van der Waals surface area contributed by atoms with Crippen LogP contribution in [0, 0.1) is 11.8 Å². The molecule has 1 aliphatic heterocycles. The van der Waals surface area contributed by atoms with Crippen LogP contribution in [0.15, 0.2) is 0 Å². The Morgan fingerprint density at radius 2 is 2.16 bits per heavy atom. The van der Waals surface area contributed by atoms with Gasteiger partial charge in [0.15, 0.2) is 5.82 Å². The first kappa shape index (κ1) is 14.1. The van der Waals surface area contributed by atoms with Crippen molar-refractivity contribution in [3.8, 4) is 0 Å². The Labute approximate surface area is 118 Å². The van der Waals surface area contributed by atoms with Gasteiger partial charge in [-0.25, -0.2) is 0 Å². The summed E-state index contributed by atoms with van der Waals surface area (Å²) in [6, 6.07) is 0.402. The molecular formula is C13H22N4OS. The summed E-state index contributed by atoms with van der Waals surface area (Å²) in [5, 5.41) is 3.55. The molecule has 1 aromatic heterocycles. The molecule has 1 amide bonds. The highest BCUT2D eigenvalue weighted by Crippen LogP contribution is 2.37. The third kappa shape index (κ3) is 2.54. The van der Waals surface area contributed by atoms with E-state index < -0.39 is 0 Å². The number of piperidine rings is 1.